The Hall–Kier alpha value is -0.800. The number of hydrogen-bond donors (Lipinski definition) is 0. The van der Waals surface area contributed by atoms with Gasteiger partial charge in [0.25, 0.3) is 0 Å². The minimum absolute atomic E-state index is 0.304. The molecule has 0 bridgehead atoms. The van der Waals surface area contributed by atoms with E-state index in [2.05, 4.69) is 4.98 Å². The Morgan fingerprint density at radius 1 is 1.38 bits per heavy atom. The summed E-state index contributed by atoms with van der Waals surface area (Å²) in [4.78, 5) is 15.8. The quantitative estimate of drug-likeness (QED) is 0.618. The molecule has 0 aliphatic heterocycles. The first-order valence-corrected chi connectivity index (χ1v) is 5.80. The van der Waals surface area contributed by atoms with Crippen molar-refractivity contribution in [3.05, 3.63) is 27.0 Å². The number of halogens is 2. The molecule has 16 heavy (non-hydrogen) atoms. The SMILES string of the molecule is CCOC(=O)c1c(C)nc(Cl)c(CC)c1Cl. The highest BCUT2D eigenvalue weighted by atomic mass is 35.5. The van der Waals surface area contributed by atoms with Gasteiger partial charge >= 0.3 is 5.97 Å². The average molecular weight is 262 g/mol. The highest BCUT2D eigenvalue weighted by Gasteiger charge is 2.20. The third kappa shape index (κ3) is 2.47. The van der Waals surface area contributed by atoms with Gasteiger partial charge in [-0.1, -0.05) is 30.1 Å². The van der Waals surface area contributed by atoms with Gasteiger partial charge in [-0.3, -0.25) is 0 Å². The molecule has 5 heteroatoms. The molecule has 0 radical (unpaired) electrons. The third-order valence-corrected chi connectivity index (χ3v) is 2.92. The summed E-state index contributed by atoms with van der Waals surface area (Å²) in [7, 11) is 0. The fraction of sp³-hybridized carbons (Fsp3) is 0.455. The summed E-state index contributed by atoms with van der Waals surface area (Å²) in [5, 5.41) is 0.691. The van der Waals surface area contributed by atoms with Crippen molar-refractivity contribution in [2.45, 2.75) is 27.2 Å². The van der Waals surface area contributed by atoms with Crippen LogP contribution in [0.25, 0.3) is 0 Å². The summed E-state index contributed by atoms with van der Waals surface area (Å²) in [6.07, 6.45) is 0.622. The number of nitrogens with zero attached hydrogens (tertiary/aromatic N) is 1. The molecular formula is C11H13Cl2NO2. The molecule has 0 fully saturated rings. The maximum Gasteiger partial charge on any atom is 0.341 e. The largest absolute Gasteiger partial charge is 0.462 e. The zero-order valence-corrected chi connectivity index (χ0v) is 10.9. The summed E-state index contributed by atoms with van der Waals surface area (Å²) in [5.74, 6) is -0.455. The van der Waals surface area contributed by atoms with Crippen LogP contribution in [-0.4, -0.2) is 17.6 Å². The molecule has 0 spiro atoms. The Labute approximate surface area is 105 Å². The van der Waals surface area contributed by atoms with Crippen LogP contribution in [0.3, 0.4) is 0 Å². The van der Waals surface area contributed by atoms with Crippen molar-refractivity contribution in [3.8, 4) is 0 Å². The Balaban J connectivity index is 3.33. The Kier molecular flexibility index (Phi) is 4.56. The summed E-state index contributed by atoms with van der Waals surface area (Å²) < 4.78 is 4.92. The van der Waals surface area contributed by atoms with Crippen LogP contribution in [-0.2, 0) is 11.2 Å². The first kappa shape index (κ1) is 13.3. The van der Waals surface area contributed by atoms with E-state index in [-0.39, 0.29) is 0 Å². The number of hydrogen-bond acceptors (Lipinski definition) is 3. The maximum absolute atomic E-state index is 11.7. The van der Waals surface area contributed by atoms with Crippen LogP contribution in [0, 0.1) is 6.92 Å². The lowest BCUT2D eigenvalue weighted by atomic mass is 10.1. The minimum atomic E-state index is -0.455. The molecule has 0 saturated carbocycles. The number of pyridine rings is 1. The lowest BCUT2D eigenvalue weighted by Gasteiger charge is -2.11. The summed E-state index contributed by atoms with van der Waals surface area (Å²) in [6.45, 7) is 5.63. The fourth-order valence-electron chi connectivity index (χ4n) is 1.41. The first-order valence-electron chi connectivity index (χ1n) is 5.04. The molecule has 1 heterocycles. The van der Waals surface area contributed by atoms with E-state index in [0.29, 0.717) is 40.0 Å². The van der Waals surface area contributed by atoms with Crippen molar-refractivity contribution in [1.29, 1.82) is 0 Å². The Bertz CT molecular complexity index is 419. The van der Waals surface area contributed by atoms with E-state index < -0.39 is 5.97 Å². The van der Waals surface area contributed by atoms with E-state index in [1.165, 1.54) is 0 Å². The monoisotopic (exact) mass is 261 g/mol. The second kappa shape index (κ2) is 5.51. The minimum Gasteiger partial charge on any atom is -0.462 e. The van der Waals surface area contributed by atoms with E-state index in [0.717, 1.165) is 0 Å². The van der Waals surface area contributed by atoms with Gasteiger partial charge in [0.2, 0.25) is 0 Å². The second-order valence-corrected chi connectivity index (χ2v) is 3.97. The molecule has 0 aliphatic rings. The molecule has 1 aromatic rings. The highest BCUT2D eigenvalue weighted by molar-refractivity contribution is 6.37. The molecule has 0 saturated heterocycles. The van der Waals surface area contributed by atoms with E-state index in [9.17, 15) is 4.79 Å². The van der Waals surface area contributed by atoms with Crippen LogP contribution in [0.2, 0.25) is 10.2 Å². The molecule has 0 N–H and O–H groups in total. The number of esters is 1. The normalized spacial score (nSPS) is 10.3. The highest BCUT2D eigenvalue weighted by Crippen LogP contribution is 2.29. The summed E-state index contributed by atoms with van der Waals surface area (Å²) in [5.41, 5.74) is 1.48. The van der Waals surface area contributed by atoms with Gasteiger partial charge in [-0.2, -0.15) is 0 Å². The van der Waals surface area contributed by atoms with Crippen molar-refractivity contribution in [3.63, 3.8) is 0 Å². The van der Waals surface area contributed by atoms with Gasteiger partial charge < -0.3 is 4.74 Å². The topological polar surface area (TPSA) is 39.2 Å². The second-order valence-electron chi connectivity index (χ2n) is 3.23. The van der Waals surface area contributed by atoms with Crippen molar-refractivity contribution in [2.75, 3.05) is 6.61 Å². The number of aryl methyl sites for hydroxylation is 1. The van der Waals surface area contributed by atoms with Crippen molar-refractivity contribution >= 4 is 29.2 Å². The summed E-state index contributed by atoms with van der Waals surface area (Å²) >= 11 is 12.1. The van der Waals surface area contributed by atoms with Gasteiger partial charge in [-0.25, -0.2) is 9.78 Å². The predicted octanol–water partition coefficient (Wildman–Crippen LogP) is 3.44. The molecule has 3 nitrogen and oxygen atoms in total. The summed E-state index contributed by atoms with van der Waals surface area (Å²) in [6, 6.07) is 0. The number of carbonyl (C=O) groups excluding carboxylic acids is 1. The zero-order valence-electron chi connectivity index (χ0n) is 9.43. The van der Waals surface area contributed by atoms with Crippen LogP contribution in [0.15, 0.2) is 0 Å². The van der Waals surface area contributed by atoms with E-state index in [1.54, 1.807) is 13.8 Å². The predicted molar refractivity (Wildman–Crippen MR) is 64.3 cm³/mol. The van der Waals surface area contributed by atoms with Crippen molar-refractivity contribution < 1.29 is 9.53 Å². The van der Waals surface area contributed by atoms with Gasteiger partial charge in [-0.05, 0) is 20.3 Å². The third-order valence-electron chi connectivity index (χ3n) is 2.19. The molecule has 0 unspecified atom stereocenters. The van der Waals surface area contributed by atoms with Crippen LogP contribution >= 0.6 is 23.2 Å². The van der Waals surface area contributed by atoms with Crippen molar-refractivity contribution in [2.24, 2.45) is 0 Å². The fourth-order valence-corrected chi connectivity index (χ4v) is 2.25. The molecular weight excluding hydrogens is 249 g/mol. The molecule has 88 valence electrons. The van der Waals surface area contributed by atoms with Gasteiger partial charge in [0, 0.05) is 5.56 Å². The standard InChI is InChI=1S/C11H13Cl2NO2/c1-4-7-9(12)8(11(15)16-5-2)6(3)14-10(7)13/h4-5H2,1-3H3. The molecule has 0 aliphatic carbocycles. The van der Waals surface area contributed by atoms with Gasteiger partial charge in [0.15, 0.2) is 0 Å². The number of carbonyl (C=O) groups is 1. The maximum atomic E-state index is 11.7. The Morgan fingerprint density at radius 2 is 2.00 bits per heavy atom. The van der Waals surface area contributed by atoms with E-state index >= 15 is 0 Å². The number of aromatic nitrogens is 1. The van der Waals surface area contributed by atoms with E-state index in [1.807, 2.05) is 6.92 Å². The Morgan fingerprint density at radius 3 is 2.50 bits per heavy atom. The number of rotatable bonds is 3. The zero-order chi connectivity index (χ0) is 12.3. The molecule has 1 rings (SSSR count). The lowest BCUT2D eigenvalue weighted by Crippen LogP contribution is -2.10. The van der Waals surface area contributed by atoms with Crippen molar-refractivity contribution in [1.82, 2.24) is 4.98 Å². The number of ether oxygens (including phenoxy) is 1. The van der Waals surface area contributed by atoms with Gasteiger partial charge in [0.1, 0.15) is 5.15 Å². The molecule has 0 aromatic carbocycles. The lowest BCUT2D eigenvalue weighted by molar-refractivity contribution is 0.0525. The van der Waals surface area contributed by atoms with Crippen LogP contribution in [0.1, 0.15) is 35.5 Å². The van der Waals surface area contributed by atoms with Crippen LogP contribution in [0.5, 0.6) is 0 Å². The van der Waals surface area contributed by atoms with Crippen LogP contribution < -0.4 is 0 Å². The first-order chi connectivity index (χ1) is 7.52. The molecule has 0 amide bonds. The smallest absolute Gasteiger partial charge is 0.341 e. The molecule has 1 aromatic heterocycles. The van der Waals surface area contributed by atoms with Gasteiger partial charge in [0.05, 0.1) is 22.9 Å². The van der Waals surface area contributed by atoms with E-state index in [4.69, 9.17) is 27.9 Å². The molecule has 0 atom stereocenters. The van der Waals surface area contributed by atoms with Gasteiger partial charge in [-0.15, -0.1) is 0 Å². The van der Waals surface area contributed by atoms with Crippen LogP contribution in [0.4, 0.5) is 0 Å². The average Bonchev–Trinajstić information content (AvgIpc) is 2.17.